The Morgan fingerprint density at radius 2 is 1.90 bits per heavy atom. The molecule has 1 aliphatic rings. The van der Waals surface area contributed by atoms with Gasteiger partial charge in [0.1, 0.15) is 12.4 Å². The molecule has 1 aromatic carbocycles. The zero-order valence-electron chi connectivity index (χ0n) is 12.9. The Morgan fingerprint density at radius 1 is 1.24 bits per heavy atom. The maximum absolute atomic E-state index is 12.7. The highest BCUT2D eigenvalue weighted by molar-refractivity contribution is 5.82. The van der Waals surface area contributed by atoms with Crippen molar-refractivity contribution in [2.75, 3.05) is 26.7 Å². The smallest absolute Gasteiger partial charge is 0.229 e. The van der Waals surface area contributed by atoms with Crippen LogP contribution in [0.3, 0.4) is 0 Å². The Morgan fingerprint density at radius 3 is 2.52 bits per heavy atom. The molecule has 4 nitrogen and oxygen atoms in total. The SMILES string of the molecule is CN(CCOc1ccccc1)C(=O)C1(CN)CCCCC1. The van der Waals surface area contributed by atoms with E-state index in [9.17, 15) is 4.79 Å². The summed E-state index contributed by atoms with van der Waals surface area (Å²) in [6, 6.07) is 9.68. The lowest BCUT2D eigenvalue weighted by atomic mass is 9.73. The normalized spacial score (nSPS) is 17.2. The van der Waals surface area contributed by atoms with Crippen LogP contribution in [-0.2, 0) is 4.79 Å². The summed E-state index contributed by atoms with van der Waals surface area (Å²) in [4.78, 5) is 14.5. The van der Waals surface area contributed by atoms with Crippen LogP contribution in [0.4, 0.5) is 0 Å². The third-order valence-electron chi connectivity index (χ3n) is 4.44. The second-order valence-electron chi connectivity index (χ2n) is 5.93. The van der Waals surface area contributed by atoms with Gasteiger partial charge >= 0.3 is 0 Å². The summed E-state index contributed by atoms with van der Waals surface area (Å²) >= 11 is 0. The van der Waals surface area contributed by atoms with Gasteiger partial charge in [0.25, 0.3) is 0 Å². The van der Waals surface area contributed by atoms with Crippen molar-refractivity contribution in [2.45, 2.75) is 32.1 Å². The highest BCUT2D eigenvalue weighted by Gasteiger charge is 2.39. The van der Waals surface area contributed by atoms with Crippen LogP contribution in [-0.4, -0.2) is 37.6 Å². The van der Waals surface area contributed by atoms with Crippen molar-refractivity contribution in [3.05, 3.63) is 30.3 Å². The number of ether oxygens (including phenoxy) is 1. The Hall–Kier alpha value is -1.55. The quantitative estimate of drug-likeness (QED) is 0.875. The van der Waals surface area contributed by atoms with Crippen molar-refractivity contribution in [3.8, 4) is 5.75 Å². The monoisotopic (exact) mass is 290 g/mol. The Kier molecular flexibility index (Phi) is 5.62. The number of nitrogens with two attached hydrogens (primary N) is 1. The molecule has 0 aliphatic heterocycles. The van der Waals surface area contributed by atoms with E-state index in [4.69, 9.17) is 10.5 Å². The van der Waals surface area contributed by atoms with E-state index in [-0.39, 0.29) is 11.3 Å². The third kappa shape index (κ3) is 3.97. The number of para-hydroxylation sites is 1. The van der Waals surface area contributed by atoms with Gasteiger partial charge in [-0.3, -0.25) is 4.79 Å². The Bertz CT molecular complexity index is 441. The molecule has 1 fully saturated rings. The first-order valence-electron chi connectivity index (χ1n) is 7.81. The fraction of sp³-hybridized carbons (Fsp3) is 0.588. The number of hydrogen-bond acceptors (Lipinski definition) is 3. The number of carbonyl (C=O) groups is 1. The molecular formula is C17H26N2O2. The number of likely N-dealkylation sites (N-methyl/N-ethyl adjacent to an activating group) is 1. The predicted octanol–water partition coefficient (Wildman–Crippen LogP) is 2.43. The summed E-state index contributed by atoms with van der Waals surface area (Å²) in [5, 5.41) is 0. The molecule has 0 atom stereocenters. The van der Waals surface area contributed by atoms with E-state index >= 15 is 0 Å². The number of benzene rings is 1. The van der Waals surface area contributed by atoms with Crippen LogP contribution in [0.5, 0.6) is 5.75 Å². The van der Waals surface area contributed by atoms with Gasteiger partial charge in [0, 0.05) is 13.6 Å². The lowest BCUT2D eigenvalue weighted by Gasteiger charge is -2.37. The molecular weight excluding hydrogens is 264 g/mol. The second kappa shape index (κ2) is 7.46. The van der Waals surface area contributed by atoms with E-state index in [0.717, 1.165) is 31.4 Å². The van der Waals surface area contributed by atoms with Gasteiger partial charge in [0.15, 0.2) is 0 Å². The van der Waals surface area contributed by atoms with Gasteiger partial charge in [0.2, 0.25) is 5.91 Å². The molecule has 0 unspecified atom stereocenters. The maximum atomic E-state index is 12.7. The van der Waals surface area contributed by atoms with Gasteiger partial charge in [-0.05, 0) is 25.0 Å². The van der Waals surface area contributed by atoms with E-state index in [1.807, 2.05) is 37.4 Å². The summed E-state index contributed by atoms with van der Waals surface area (Å²) in [6.07, 6.45) is 5.28. The van der Waals surface area contributed by atoms with Crippen molar-refractivity contribution in [1.29, 1.82) is 0 Å². The number of hydrogen-bond donors (Lipinski definition) is 1. The molecule has 0 radical (unpaired) electrons. The average Bonchev–Trinajstić information content (AvgIpc) is 2.55. The van der Waals surface area contributed by atoms with Crippen LogP contribution < -0.4 is 10.5 Å². The number of amides is 1. The van der Waals surface area contributed by atoms with Gasteiger partial charge in [-0.1, -0.05) is 37.5 Å². The van der Waals surface area contributed by atoms with Gasteiger partial charge in [-0.15, -0.1) is 0 Å². The van der Waals surface area contributed by atoms with Crippen LogP contribution in [0, 0.1) is 5.41 Å². The maximum Gasteiger partial charge on any atom is 0.229 e. The van der Waals surface area contributed by atoms with Gasteiger partial charge < -0.3 is 15.4 Å². The van der Waals surface area contributed by atoms with Crippen molar-refractivity contribution in [3.63, 3.8) is 0 Å². The zero-order chi connectivity index (χ0) is 15.1. The molecule has 21 heavy (non-hydrogen) atoms. The molecule has 1 amide bonds. The third-order valence-corrected chi connectivity index (χ3v) is 4.44. The second-order valence-corrected chi connectivity index (χ2v) is 5.93. The lowest BCUT2D eigenvalue weighted by Crippen LogP contribution is -2.48. The van der Waals surface area contributed by atoms with Crippen LogP contribution in [0.2, 0.25) is 0 Å². The van der Waals surface area contributed by atoms with Crippen LogP contribution >= 0.6 is 0 Å². The fourth-order valence-electron chi connectivity index (χ4n) is 3.06. The molecule has 0 saturated heterocycles. The highest BCUT2D eigenvalue weighted by Crippen LogP contribution is 2.36. The molecule has 2 rings (SSSR count). The van der Waals surface area contributed by atoms with E-state index in [1.54, 1.807) is 4.90 Å². The first kappa shape index (κ1) is 15.8. The topological polar surface area (TPSA) is 55.6 Å². The van der Waals surface area contributed by atoms with E-state index < -0.39 is 0 Å². The van der Waals surface area contributed by atoms with E-state index in [0.29, 0.717) is 19.7 Å². The molecule has 1 saturated carbocycles. The minimum absolute atomic E-state index is 0.182. The molecule has 0 bridgehead atoms. The summed E-state index contributed by atoms with van der Waals surface area (Å²) < 4.78 is 5.66. The van der Waals surface area contributed by atoms with Gasteiger partial charge in [-0.2, -0.15) is 0 Å². The zero-order valence-corrected chi connectivity index (χ0v) is 12.9. The summed E-state index contributed by atoms with van der Waals surface area (Å²) in [7, 11) is 1.85. The van der Waals surface area contributed by atoms with Crippen LogP contribution in [0.1, 0.15) is 32.1 Å². The van der Waals surface area contributed by atoms with Crippen LogP contribution in [0.25, 0.3) is 0 Å². The molecule has 1 aliphatic carbocycles. The molecule has 0 spiro atoms. The summed E-state index contributed by atoms with van der Waals surface area (Å²) in [5.41, 5.74) is 5.58. The molecule has 116 valence electrons. The van der Waals surface area contributed by atoms with Crippen molar-refractivity contribution in [2.24, 2.45) is 11.1 Å². The Balaban J connectivity index is 1.84. The molecule has 0 aromatic heterocycles. The molecule has 0 heterocycles. The minimum atomic E-state index is -0.334. The minimum Gasteiger partial charge on any atom is -0.492 e. The van der Waals surface area contributed by atoms with E-state index in [2.05, 4.69) is 0 Å². The van der Waals surface area contributed by atoms with E-state index in [1.165, 1.54) is 6.42 Å². The Labute approximate surface area is 127 Å². The first-order valence-corrected chi connectivity index (χ1v) is 7.81. The molecule has 1 aromatic rings. The van der Waals surface area contributed by atoms with Crippen molar-refractivity contribution < 1.29 is 9.53 Å². The van der Waals surface area contributed by atoms with Gasteiger partial charge in [0.05, 0.1) is 12.0 Å². The molecule has 4 heteroatoms. The van der Waals surface area contributed by atoms with Gasteiger partial charge in [-0.25, -0.2) is 0 Å². The number of carbonyl (C=O) groups excluding carboxylic acids is 1. The predicted molar refractivity (Wildman–Crippen MR) is 84.1 cm³/mol. The standard InChI is InChI=1S/C17H26N2O2/c1-19(12-13-21-15-8-4-2-5-9-15)16(20)17(14-18)10-6-3-7-11-17/h2,4-5,8-9H,3,6-7,10-14,18H2,1H3. The number of nitrogens with zero attached hydrogens (tertiary/aromatic N) is 1. The van der Waals surface area contributed by atoms with Crippen LogP contribution in [0.15, 0.2) is 30.3 Å². The van der Waals surface area contributed by atoms with Crippen molar-refractivity contribution >= 4 is 5.91 Å². The highest BCUT2D eigenvalue weighted by atomic mass is 16.5. The first-order chi connectivity index (χ1) is 10.2. The van der Waals surface area contributed by atoms with Crippen molar-refractivity contribution in [1.82, 2.24) is 4.90 Å². The largest absolute Gasteiger partial charge is 0.492 e. The number of rotatable bonds is 6. The summed E-state index contributed by atoms with van der Waals surface area (Å²) in [6.45, 7) is 1.55. The average molecular weight is 290 g/mol. The molecule has 2 N–H and O–H groups in total. The summed E-state index contributed by atoms with van der Waals surface area (Å²) in [5.74, 6) is 1.02. The lowest BCUT2D eigenvalue weighted by molar-refractivity contribution is -0.142. The fourth-order valence-corrected chi connectivity index (χ4v) is 3.06.